The first-order valence-corrected chi connectivity index (χ1v) is 6.95. The normalized spacial score (nSPS) is 11.0. The highest BCUT2D eigenvalue weighted by molar-refractivity contribution is 7.21. The molecule has 0 fully saturated rings. The number of nitrogens with zero attached hydrogens (tertiary/aromatic N) is 2. The van der Waals surface area contributed by atoms with Gasteiger partial charge < -0.3 is 0 Å². The molecule has 2 aromatic heterocycles. The van der Waals surface area contributed by atoms with Crippen LogP contribution in [0.4, 0.5) is 0 Å². The third kappa shape index (κ3) is 1.91. The molecule has 0 saturated heterocycles. The van der Waals surface area contributed by atoms with E-state index in [9.17, 15) is 0 Å². The number of aryl methyl sites for hydroxylation is 2. The molecule has 3 rings (SSSR count). The topological polar surface area (TPSA) is 16.8 Å². The predicted octanol–water partition coefficient (Wildman–Crippen LogP) is 3.58. The van der Waals surface area contributed by atoms with Gasteiger partial charge in [-0.3, -0.25) is 0 Å². The molecule has 0 amide bonds. The van der Waals surface area contributed by atoms with Gasteiger partial charge in [0, 0.05) is 17.7 Å². The Morgan fingerprint density at radius 1 is 1.17 bits per heavy atom. The van der Waals surface area contributed by atoms with Crippen LogP contribution in [0, 0.1) is 6.92 Å². The molecular formula is C15H15N2S+. The van der Waals surface area contributed by atoms with Crippen molar-refractivity contribution < 1.29 is 4.57 Å². The molecule has 0 unspecified atom stereocenters. The molecule has 2 heterocycles. The van der Waals surface area contributed by atoms with Crippen LogP contribution >= 0.6 is 11.3 Å². The Morgan fingerprint density at radius 3 is 2.61 bits per heavy atom. The zero-order valence-corrected chi connectivity index (χ0v) is 11.4. The van der Waals surface area contributed by atoms with Crippen LogP contribution < -0.4 is 4.57 Å². The smallest absolute Gasteiger partial charge is 0.169 e. The summed E-state index contributed by atoms with van der Waals surface area (Å²) in [4.78, 5) is 4.75. The van der Waals surface area contributed by atoms with E-state index in [1.807, 2.05) is 0 Å². The van der Waals surface area contributed by atoms with Gasteiger partial charge in [-0.25, -0.2) is 9.55 Å². The number of thiazole rings is 1. The van der Waals surface area contributed by atoms with Crippen LogP contribution in [0.5, 0.6) is 0 Å². The molecule has 0 bridgehead atoms. The maximum Gasteiger partial charge on any atom is 0.169 e. The minimum absolute atomic E-state index is 0.999. The van der Waals surface area contributed by atoms with E-state index in [1.165, 1.54) is 15.8 Å². The molecule has 0 aliphatic rings. The van der Waals surface area contributed by atoms with Gasteiger partial charge in [-0.15, -0.1) is 11.3 Å². The van der Waals surface area contributed by atoms with E-state index in [-0.39, 0.29) is 0 Å². The SMILES string of the molecule is CC[n+]1ccc(-c2nc3c(C)cccc3s2)cc1. The molecule has 1 aromatic carbocycles. The van der Waals surface area contributed by atoms with Crippen molar-refractivity contribution in [3.8, 4) is 10.6 Å². The van der Waals surface area contributed by atoms with Gasteiger partial charge in [-0.2, -0.15) is 0 Å². The van der Waals surface area contributed by atoms with Crippen molar-refractivity contribution in [3.05, 3.63) is 48.3 Å². The van der Waals surface area contributed by atoms with Gasteiger partial charge in [0.2, 0.25) is 0 Å². The number of pyridine rings is 1. The second kappa shape index (κ2) is 4.50. The minimum atomic E-state index is 0.999. The maximum absolute atomic E-state index is 4.75. The summed E-state index contributed by atoms with van der Waals surface area (Å²) in [7, 11) is 0. The fraction of sp³-hybridized carbons (Fsp3) is 0.200. The van der Waals surface area contributed by atoms with E-state index in [0.29, 0.717) is 0 Å². The Kier molecular flexibility index (Phi) is 2.84. The van der Waals surface area contributed by atoms with Crippen molar-refractivity contribution in [2.75, 3.05) is 0 Å². The summed E-state index contributed by atoms with van der Waals surface area (Å²) >= 11 is 1.76. The van der Waals surface area contributed by atoms with Crippen LogP contribution in [0.3, 0.4) is 0 Å². The summed E-state index contributed by atoms with van der Waals surface area (Å²) < 4.78 is 3.42. The standard InChI is InChI=1S/C15H15N2S/c1-3-17-9-7-12(8-10-17)15-16-14-11(2)5-4-6-13(14)18-15/h4-10H,3H2,1-2H3/q+1. The Balaban J connectivity index is 2.10. The first-order chi connectivity index (χ1) is 8.78. The molecule has 0 radical (unpaired) electrons. The van der Waals surface area contributed by atoms with Crippen molar-refractivity contribution >= 4 is 21.6 Å². The van der Waals surface area contributed by atoms with Crippen LogP contribution in [0.2, 0.25) is 0 Å². The number of para-hydroxylation sites is 1. The van der Waals surface area contributed by atoms with E-state index in [1.54, 1.807) is 11.3 Å². The molecule has 0 saturated carbocycles. The first-order valence-electron chi connectivity index (χ1n) is 6.13. The van der Waals surface area contributed by atoms with E-state index in [0.717, 1.165) is 17.1 Å². The zero-order valence-electron chi connectivity index (χ0n) is 10.6. The number of aromatic nitrogens is 2. The van der Waals surface area contributed by atoms with Crippen LogP contribution in [0.25, 0.3) is 20.8 Å². The van der Waals surface area contributed by atoms with E-state index in [2.05, 4.69) is 61.1 Å². The average molecular weight is 255 g/mol. The van der Waals surface area contributed by atoms with Crippen molar-refractivity contribution in [3.63, 3.8) is 0 Å². The van der Waals surface area contributed by atoms with E-state index < -0.39 is 0 Å². The summed E-state index contributed by atoms with van der Waals surface area (Å²) in [6.07, 6.45) is 4.21. The molecular weight excluding hydrogens is 240 g/mol. The first kappa shape index (κ1) is 11.4. The van der Waals surface area contributed by atoms with Crippen molar-refractivity contribution in [2.45, 2.75) is 20.4 Å². The lowest BCUT2D eigenvalue weighted by Crippen LogP contribution is -2.30. The second-order valence-electron chi connectivity index (χ2n) is 4.36. The number of rotatable bonds is 2. The number of benzene rings is 1. The Labute approximate surface area is 111 Å². The van der Waals surface area contributed by atoms with Crippen molar-refractivity contribution in [2.24, 2.45) is 0 Å². The number of hydrogen-bond donors (Lipinski definition) is 0. The van der Waals surface area contributed by atoms with Crippen LogP contribution in [0.15, 0.2) is 42.7 Å². The molecule has 0 spiro atoms. The van der Waals surface area contributed by atoms with Gasteiger partial charge in [0.05, 0.1) is 10.2 Å². The lowest BCUT2D eigenvalue weighted by atomic mass is 10.2. The summed E-state index contributed by atoms with van der Waals surface area (Å²) in [6.45, 7) is 5.25. The molecule has 3 heteroatoms. The fourth-order valence-corrected chi connectivity index (χ4v) is 3.07. The quantitative estimate of drug-likeness (QED) is 0.640. The van der Waals surface area contributed by atoms with Crippen LogP contribution in [-0.2, 0) is 6.54 Å². The van der Waals surface area contributed by atoms with Gasteiger partial charge in [0.1, 0.15) is 11.6 Å². The summed E-state index contributed by atoms with van der Waals surface area (Å²) in [5.74, 6) is 0. The molecule has 0 atom stereocenters. The van der Waals surface area contributed by atoms with Crippen molar-refractivity contribution in [1.29, 1.82) is 0 Å². The third-order valence-electron chi connectivity index (χ3n) is 3.12. The number of fused-ring (bicyclic) bond motifs is 1. The van der Waals surface area contributed by atoms with E-state index >= 15 is 0 Å². The highest BCUT2D eigenvalue weighted by Gasteiger charge is 2.08. The molecule has 3 aromatic rings. The van der Waals surface area contributed by atoms with Crippen molar-refractivity contribution in [1.82, 2.24) is 4.98 Å². The second-order valence-corrected chi connectivity index (χ2v) is 5.39. The largest absolute Gasteiger partial charge is 0.236 e. The number of hydrogen-bond acceptors (Lipinski definition) is 2. The summed E-state index contributed by atoms with van der Waals surface area (Å²) in [5, 5.41) is 1.10. The summed E-state index contributed by atoms with van der Waals surface area (Å²) in [5.41, 5.74) is 3.57. The highest BCUT2D eigenvalue weighted by atomic mass is 32.1. The van der Waals surface area contributed by atoms with Gasteiger partial charge in [-0.1, -0.05) is 12.1 Å². The van der Waals surface area contributed by atoms with Crippen LogP contribution in [-0.4, -0.2) is 4.98 Å². The molecule has 0 N–H and O–H groups in total. The van der Waals surface area contributed by atoms with Gasteiger partial charge in [0.25, 0.3) is 0 Å². The average Bonchev–Trinajstić information content (AvgIpc) is 2.84. The third-order valence-corrected chi connectivity index (χ3v) is 4.19. The zero-order chi connectivity index (χ0) is 12.5. The fourth-order valence-electron chi connectivity index (χ4n) is 2.02. The molecule has 0 aliphatic carbocycles. The molecule has 18 heavy (non-hydrogen) atoms. The van der Waals surface area contributed by atoms with Gasteiger partial charge >= 0.3 is 0 Å². The minimum Gasteiger partial charge on any atom is -0.236 e. The summed E-state index contributed by atoms with van der Waals surface area (Å²) in [6, 6.07) is 10.6. The highest BCUT2D eigenvalue weighted by Crippen LogP contribution is 2.30. The Morgan fingerprint density at radius 2 is 1.94 bits per heavy atom. The molecule has 90 valence electrons. The van der Waals surface area contributed by atoms with Gasteiger partial charge in [-0.05, 0) is 25.5 Å². The van der Waals surface area contributed by atoms with Gasteiger partial charge in [0.15, 0.2) is 12.4 Å². The lowest BCUT2D eigenvalue weighted by molar-refractivity contribution is -0.693. The molecule has 2 nitrogen and oxygen atoms in total. The lowest BCUT2D eigenvalue weighted by Gasteiger charge is -1.94. The Hall–Kier alpha value is -1.74. The molecule has 0 aliphatic heterocycles. The maximum atomic E-state index is 4.75. The van der Waals surface area contributed by atoms with Crippen LogP contribution in [0.1, 0.15) is 12.5 Å². The monoisotopic (exact) mass is 255 g/mol. The Bertz CT molecular complexity index is 683. The predicted molar refractivity (Wildman–Crippen MR) is 75.7 cm³/mol. The van der Waals surface area contributed by atoms with E-state index in [4.69, 9.17) is 4.98 Å².